The Labute approximate surface area is 124 Å². The molecule has 1 aromatic rings. The van der Waals surface area contributed by atoms with Gasteiger partial charge in [-0.25, -0.2) is 0 Å². The van der Waals surface area contributed by atoms with Crippen molar-refractivity contribution < 1.29 is 0 Å². The molecule has 0 amide bonds. The molecule has 1 heterocycles. The van der Waals surface area contributed by atoms with Crippen molar-refractivity contribution in [3.05, 3.63) is 18.0 Å². The van der Waals surface area contributed by atoms with Crippen LogP contribution in [0.2, 0.25) is 0 Å². The lowest BCUT2D eigenvalue weighted by Crippen LogP contribution is -2.33. The van der Waals surface area contributed by atoms with Gasteiger partial charge in [-0.2, -0.15) is 5.10 Å². The highest BCUT2D eigenvalue weighted by Crippen LogP contribution is 2.33. The molecular formula is C17H31N3. The molecule has 3 nitrogen and oxygen atoms in total. The number of rotatable bonds is 7. The second kappa shape index (κ2) is 7.26. The molecule has 20 heavy (non-hydrogen) atoms. The van der Waals surface area contributed by atoms with Gasteiger partial charge in [-0.1, -0.05) is 39.5 Å². The summed E-state index contributed by atoms with van der Waals surface area (Å²) in [5, 5.41) is 8.37. The first-order valence-electron chi connectivity index (χ1n) is 8.33. The van der Waals surface area contributed by atoms with Gasteiger partial charge in [-0.05, 0) is 44.7 Å². The van der Waals surface area contributed by atoms with Gasteiger partial charge in [0.1, 0.15) is 0 Å². The van der Waals surface area contributed by atoms with Crippen molar-refractivity contribution >= 4 is 0 Å². The average molecular weight is 277 g/mol. The van der Waals surface area contributed by atoms with Crippen molar-refractivity contribution in [2.75, 3.05) is 6.54 Å². The zero-order valence-electron chi connectivity index (χ0n) is 13.6. The summed E-state index contributed by atoms with van der Waals surface area (Å²) in [5.41, 5.74) is 1.26. The third-order valence-corrected chi connectivity index (χ3v) is 4.52. The Morgan fingerprint density at radius 2 is 1.95 bits per heavy atom. The van der Waals surface area contributed by atoms with Crippen LogP contribution in [0, 0.1) is 11.8 Å². The van der Waals surface area contributed by atoms with Gasteiger partial charge in [-0.3, -0.25) is 4.68 Å². The van der Waals surface area contributed by atoms with Crippen LogP contribution in [0.15, 0.2) is 12.3 Å². The summed E-state index contributed by atoms with van der Waals surface area (Å²) in [4.78, 5) is 0. The lowest BCUT2D eigenvalue weighted by atomic mass is 9.87. The maximum Gasteiger partial charge on any atom is 0.0628 e. The number of hydrogen-bond acceptors (Lipinski definition) is 2. The minimum Gasteiger partial charge on any atom is -0.314 e. The third-order valence-electron chi connectivity index (χ3n) is 4.52. The van der Waals surface area contributed by atoms with E-state index in [0.29, 0.717) is 12.1 Å². The maximum absolute atomic E-state index is 4.74. The Bertz CT molecular complexity index is 389. The van der Waals surface area contributed by atoms with E-state index in [1.165, 1.54) is 31.4 Å². The van der Waals surface area contributed by atoms with Crippen molar-refractivity contribution in [2.45, 2.75) is 71.9 Å². The van der Waals surface area contributed by atoms with Crippen LogP contribution in [0.4, 0.5) is 0 Å². The van der Waals surface area contributed by atoms with E-state index in [-0.39, 0.29) is 0 Å². The van der Waals surface area contributed by atoms with Gasteiger partial charge in [0.25, 0.3) is 0 Å². The van der Waals surface area contributed by atoms with Crippen LogP contribution in [0.1, 0.15) is 65.1 Å². The van der Waals surface area contributed by atoms with Crippen molar-refractivity contribution in [1.29, 1.82) is 0 Å². The molecule has 1 aliphatic carbocycles. The monoisotopic (exact) mass is 277 g/mol. The molecule has 1 N–H and O–H groups in total. The van der Waals surface area contributed by atoms with Crippen LogP contribution in [0.5, 0.6) is 0 Å². The van der Waals surface area contributed by atoms with Crippen LogP contribution in [-0.2, 0) is 6.42 Å². The molecule has 0 saturated heterocycles. The summed E-state index contributed by atoms with van der Waals surface area (Å²) in [6, 6.07) is 3.24. The Morgan fingerprint density at radius 3 is 2.50 bits per heavy atom. The topological polar surface area (TPSA) is 29.9 Å². The van der Waals surface area contributed by atoms with Crippen LogP contribution < -0.4 is 5.32 Å². The third kappa shape index (κ3) is 4.34. The molecule has 114 valence electrons. The van der Waals surface area contributed by atoms with E-state index < -0.39 is 0 Å². The van der Waals surface area contributed by atoms with Gasteiger partial charge in [0.2, 0.25) is 0 Å². The van der Waals surface area contributed by atoms with Gasteiger partial charge in [-0.15, -0.1) is 0 Å². The largest absolute Gasteiger partial charge is 0.314 e. The van der Waals surface area contributed by atoms with E-state index in [1.807, 2.05) is 0 Å². The normalized spacial score (nSPS) is 18.3. The molecule has 1 aliphatic rings. The first-order chi connectivity index (χ1) is 9.56. The summed E-state index contributed by atoms with van der Waals surface area (Å²) >= 11 is 0. The lowest BCUT2D eigenvalue weighted by Gasteiger charge is -2.24. The van der Waals surface area contributed by atoms with E-state index in [9.17, 15) is 0 Å². The SMILES string of the molecule is CC(C)NCC(Cc1ccn(C(C)C)n1)C1CCCC1. The summed E-state index contributed by atoms with van der Waals surface area (Å²) in [6.45, 7) is 9.98. The number of aromatic nitrogens is 2. The predicted octanol–water partition coefficient (Wildman–Crippen LogP) is 3.81. The molecule has 3 heteroatoms. The lowest BCUT2D eigenvalue weighted by molar-refractivity contribution is 0.309. The van der Waals surface area contributed by atoms with Gasteiger partial charge in [0, 0.05) is 18.3 Å². The van der Waals surface area contributed by atoms with E-state index in [0.717, 1.165) is 24.8 Å². The zero-order valence-corrected chi connectivity index (χ0v) is 13.6. The van der Waals surface area contributed by atoms with Crippen LogP contribution in [0.3, 0.4) is 0 Å². The van der Waals surface area contributed by atoms with E-state index >= 15 is 0 Å². The van der Waals surface area contributed by atoms with Gasteiger partial charge in [0.15, 0.2) is 0 Å². The fraction of sp³-hybridized carbons (Fsp3) is 0.824. The first-order valence-corrected chi connectivity index (χ1v) is 8.33. The van der Waals surface area contributed by atoms with Crippen molar-refractivity contribution in [3.8, 4) is 0 Å². The molecule has 0 aliphatic heterocycles. The molecule has 0 spiro atoms. The number of nitrogens with one attached hydrogen (secondary N) is 1. The van der Waals surface area contributed by atoms with Gasteiger partial charge >= 0.3 is 0 Å². The Balaban J connectivity index is 1.97. The fourth-order valence-corrected chi connectivity index (χ4v) is 3.26. The second-order valence-electron chi connectivity index (χ2n) is 6.95. The van der Waals surface area contributed by atoms with Crippen molar-refractivity contribution in [1.82, 2.24) is 15.1 Å². The zero-order chi connectivity index (χ0) is 14.5. The highest BCUT2D eigenvalue weighted by molar-refractivity contribution is 5.02. The predicted molar refractivity (Wildman–Crippen MR) is 84.9 cm³/mol. The quantitative estimate of drug-likeness (QED) is 0.821. The summed E-state index contributed by atoms with van der Waals surface area (Å²) in [5.74, 6) is 1.64. The standard InChI is InChI=1S/C17H31N3/c1-13(2)18-12-16(15-7-5-6-8-15)11-17-9-10-20(19-17)14(3)4/h9-10,13-16,18H,5-8,11-12H2,1-4H3. The van der Waals surface area contributed by atoms with Crippen molar-refractivity contribution in [3.63, 3.8) is 0 Å². The Hall–Kier alpha value is -0.830. The van der Waals surface area contributed by atoms with Crippen LogP contribution in [-0.4, -0.2) is 22.4 Å². The minimum absolute atomic E-state index is 0.461. The van der Waals surface area contributed by atoms with Crippen molar-refractivity contribution in [2.24, 2.45) is 11.8 Å². The fourth-order valence-electron chi connectivity index (χ4n) is 3.26. The summed E-state index contributed by atoms with van der Waals surface area (Å²) in [7, 11) is 0. The molecule has 1 unspecified atom stereocenters. The first kappa shape index (κ1) is 15.6. The van der Waals surface area contributed by atoms with Gasteiger partial charge < -0.3 is 5.32 Å². The molecule has 2 rings (SSSR count). The summed E-state index contributed by atoms with van der Waals surface area (Å²) < 4.78 is 2.08. The Morgan fingerprint density at radius 1 is 1.25 bits per heavy atom. The average Bonchev–Trinajstić information content (AvgIpc) is 3.05. The van der Waals surface area contributed by atoms with Crippen LogP contribution >= 0.6 is 0 Å². The molecule has 0 bridgehead atoms. The van der Waals surface area contributed by atoms with E-state index in [4.69, 9.17) is 5.10 Å². The molecule has 0 radical (unpaired) electrons. The van der Waals surface area contributed by atoms with Crippen LogP contribution in [0.25, 0.3) is 0 Å². The molecule has 1 aromatic heterocycles. The number of nitrogens with zero attached hydrogens (tertiary/aromatic N) is 2. The molecule has 1 atom stereocenters. The highest BCUT2D eigenvalue weighted by Gasteiger charge is 2.25. The van der Waals surface area contributed by atoms with Gasteiger partial charge in [0.05, 0.1) is 5.69 Å². The molecule has 1 fully saturated rings. The summed E-state index contributed by atoms with van der Waals surface area (Å²) in [6.07, 6.45) is 8.92. The highest BCUT2D eigenvalue weighted by atomic mass is 15.3. The Kier molecular flexibility index (Phi) is 5.64. The molecule has 0 aromatic carbocycles. The molecular weight excluding hydrogens is 246 g/mol. The minimum atomic E-state index is 0.461. The molecule has 1 saturated carbocycles. The van der Waals surface area contributed by atoms with E-state index in [2.05, 4.69) is 50.0 Å². The second-order valence-corrected chi connectivity index (χ2v) is 6.95. The smallest absolute Gasteiger partial charge is 0.0628 e. The maximum atomic E-state index is 4.74. The van der Waals surface area contributed by atoms with E-state index in [1.54, 1.807) is 0 Å². The number of hydrogen-bond donors (Lipinski definition) is 1.